The van der Waals surface area contributed by atoms with E-state index < -0.39 is 0 Å². The van der Waals surface area contributed by atoms with Crippen molar-refractivity contribution in [2.75, 3.05) is 0 Å². The van der Waals surface area contributed by atoms with Crippen LogP contribution in [0.15, 0.2) is 30.3 Å². The van der Waals surface area contributed by atoms with Crippen LogP contribution in [-0.4, -0.2) is 9.68 Å². The summed E-state index contributed by atoms with van der Waals surface area (Å²) in [7, 11) is 0.0279. The van der Waals surface area contributed by atoms with Gasteiger partial charge in [0.2, 0.25) is 0 Å². The minimum Gasteiger partial charge on any atom is -0.338 e. The van der Waals surface area contributed by atoms with Crippen molar-refractivity contribution in [3.8, 4) is 0 Å². The average Bonchev–Trinajstić information content (AvgIpc) is 2.07. The number of hydrogen-bond donors (Lipinski definition) is 1. The smallest absolute Gasteiger partial charge is 0.0917 e. The second kappa shape index (κ2) is 5.10. The van der Waals surface area contributed by atoms with Gasteiger partial charge in [-0.05, 0) is 5.56 Å². The summed E-state index contributed by atoms with van der Waals surface area (Å²) in [6.45, 7) is 3.30. The monoisotopic (exact) mass is 165 g/mol. The Kier molecular flexibility index (Phi) is 3.94. The highest BCUT2D eigenvalue weighted by Gasteiger charge is 1.87. The molecule has 0 saturated heterocycles. The van der Waals surface area contributed by atoms with E-state index in [9.17, 15) is 0 Å². The Morgan fingerprint density at radius 2 is 2.00 bits per heavy atom. The lowest BCUT2D eigenvalue weighted by Crippen LogP contribution is -2.16. The Balaban J connectivity index is 2.28. The van der Waals surface area contributed by atoms with Crippen molar-refractivity contribution in [3.63, 3.8) is 0 Å². The molecule has 1 aromatic carbocycles. The standard InChI is InChI=1S/C9H15NSi/c1-2-11-10-8-9-6-4-3-5-7-9/h3-7,10H,2,8,11H2,1H3. The minimum atomic E-state index is 0.0279. The summed E-state index contributed by atoms with van der Waals surface area (Å²) >= 11 is 0. The maximum Gasteiger partial charge on any atom is 0.0917 e. The molecule has 0 unspecified atom stereocenters. The van der Waals surface area contributed by atoms with Gasteiger partial charge >= 0.3 is 0 Å². The van der Waals surface area contributed by atoms with Crippen LogP contribution >= 0.6 is 0 Å². The molecule has 1 aromatic rings. The number of benzene rings is 1. The molecule has 2 heteroatoms. The van der Waals surface area contributed by atoms with E-state index in [0.29, 0.717) is 0 Å². The van der Waals surface area contributed by atoms with Crippen molar-refractivity contribution in [2.45, 2.75) is 19.5 Å². The highest BCUT2D eigenvalue weighted by atomic mass is 28.2. The first-order valence-corrected chi connectivity index (χ1v) is 5.89. The Bertz CT molecular complexity index is 186. The molecule has 0 amide bonds. The van der Waals surface area contributed by atoms with E-state index in [2.05, 4.69) is 42.2 Å². The molecule has 0 aliphatic carbocycles. The van der Waals surface area contributed by atoms with Gasteiger partial charge in [0.1, 0.15) is 0 Å². The summed E-state index contributed by atoms with van der Waals surface area (Å²) in [5, 5.41) is 0. The predicted octanol–water partition coefficient (Wildman–Crippen LogP) is 1.30. The molecule has 0 aromatic heterocycles. The summed E-state index contributed by atoms with van der Waals surface area (Å²) in [6, 6.07) is 11.9. The molecule has 1 rings (SSSR count). The third-order valence-electron chi connectivity index (χ3n) is 1.60. The average molecular weight is 165 g/mol. The molecule has 0 atom stereocenters. The molecule has 0 heterocycles. The van der Waals surface area contributed by atoms with Gasteiger partial charge in [-0.2, -0.15) is 0 Å². The summed E-state index contributed by atoms with van der Waals surface area (Å²) in [5.74, 6) is 0. The predicted molar refractivity (Wildman–Crippen MR) is 52.3 cm³/mol. The van der Waals surface area contributed by atoms with Gasteiger partial charge in [0.25, 0.3) is 0 Å². The molecule has 11 heavy (non-hydrogen) atoms. The Morgan fingerprint density at radius 3 is 2.64 bits per heavy atom. The second-order valence-electron chi connectivity index (χ2n) is 2.66. The van der Waals surface area contributed by atoms with Crippen molar-refractivity contribution >= 4 is 9.68 Å². The van der Waals surface area contributed by atoms with Crippen LogP contribution in [0.25, 0.3) is 0 Å². The summed E-state index contributed by atoms with van der Waals surface area (Å²) in [6.07, 6.45) is 0. The topological polar surface area (TPSA) is 12.0 Å². The highest BCUT2D eigenvalue weighted by Crippen LogP contribution is 1.96. The maximum atomic E-state index is 3.49. The molecule has 60 valence electrons. The Hall–Kier alpha value is -0.603. The van der Waals surface area contributed by atoms with Gasteiger partial charge < -0.3 is 4.98 Å². The summed E-state index contributed by atoms with van der Waals surface area (Å²) in [5.41, 5.74) is 1.40. The van der Waals surface area contributed by atoms with Crippen LogP contribution in [0.1, 0.15) is 12.5 Å². The molecule has 0 aliphatic heterocycles. The zero-order chi connectivity index (χ0) is 7.94. The third-order valence-corrected chi connectivity index (χ3v) is 2.70. The SMILES string of the molecule is CC[SiH2]NCc1ccccc1. The summed E-state index contributed by atoms with van der Waals surface area (Å²) in [4.78, 5) is 3.49. The molecule has 0 aliphatic rings. The molecule has 0 fully saturated rings. The minimum absolute atomic E-state index is 0.0279. The first kappa shape index (κ1) is 8.49. The van der Waals surface area contributed by atoms with Gasteiger partial charge in [-0.25, -0.2) is 0 Å². The van der Waals surface area contributed by atoms with E-state index in [1.165, 1.54) is 11.6 Å². The van der Waals surface area contributed by atoms with Crippen molar-refractivity contribution in [1.82, 2.24) is 4.98 Å². The number of hydrogen-bond acceptors (Lipinski definition) is 1. The number of nitrogens with one attached hydrogen (secondary N) is 1. The molecule has 0 radical (unpaired) electrons. The van der Waals surface area contributed by atoms with Crippen LogP contribution in [0, 0.1) is 0 Å². The highest BCUT2D eigenvalue weighted by molar-refractivity contribution is 6.31. The fourth-order valence-corrected chi connectivity index (χ4v) is 1.82. The molecular weight excluding hydrogens is 150 g/mol. The van der Waals surface area contributed by atoms with E-state index in [-0.39, 0.29) is 9.68 Å². The van der Waals surface area contributed by atoms with Crippen LogP contribution in [-0.2, 0) is 6.54 Å². The van der Waals surface area contributed by atoms with Gasteiger partial charge in [0.15, 0.2) is 0 Å². The lowest BCUT2D eigenvalue weighted by Gasteiger charge is -2.00. The van der Waals surface area contributed by atoms with E-state index in [1.54, 1.807) is 0 Å². The van der Waals surface area contributed by atoms with E-state index in [4.69, 9.17) is 0 Å². The first-order chi connectivity index (χ1) is 5.43. The maximum absolute atomic E-state index is 3.49. The van der Waals surface area contributed by atoms with E-state index in [0.717, 1.165) is 6.54 Å². The van der Waals surface area contributed by atoms with Gasteiger partial charge in [-0.3, -0.25) is 0 Å². The molecule has 1 nitrogen and oxygen atoms in total. The Labute approximate surface area is 70.7 Å². The van der Waals surface area contributed by atoms with Crippen LogP contribution in [0.5, 0.6) is 0 Å². The molecule has 0 bridgehead atoms. The van der Waals surface area contributed by atoms with Gasteiger partial charge in [0, 0.05) is 6.54 Å². The van der Waals surface area contributed by atoms with Crippen LogP contribution in [0.2, 0.25) is 6.04 Å². The van der Waals surface area contributed by atoms with Crippen molar-refractivity contribution < 1.29 is 0 Å². The van der Waals surface area contributed by atoms with E-state index >= 15 is 0 Å². The van der Waals surface area contributed by atoms with Crippen molar-refractivity contribution in [1.29, 1.82) is 0 Å². The fraction of sp³-hybridized carbons (Fsp3) is 0.333. The van der Waals surface area contributed by atoms with Crippen LogP contribution in [0.4, 0.5) is 0 Å². The summed E-state index contributed by atoms with van der Waals surface area (Å²) < 4.78 is 0. The quantitative estimate of drug-likeness (QED) is 0.524. The van der Waals surface area contributed by atoms with Crippen LogP contribution in [0.3, 0.4) is 0 Å². The zero-order valence-corrected chi connectivity index (χ0v) is 8.42. The van der Waals surface area contributed by atoms with Crippen molar-refractivity contribution in [3.05, 3.63) is 35.9 Å². The van der Waals surface area contributed by atoms with Crippen LogP contribution < -0.4 is 4.98 Å². The molecule has 0 saturated carbocycles. The van der Waals surface area contributed by atoms with Gasteiger partial charge in [-0.15, -0.1) is 0 Å². The van der Waals surface area contributed by atoms with Crippen molar-refractivity contribution in [2.24, 2.45) is 0 Å². The lowest BCUT2D eigenvalue weighted by molar-refractivity contribution is 0.942. The lowest BCUT2D eigenvalue weighted by atomic mass is 10.2. The normalized spacial score (nSPS) is 11.0. The molecule has 1 N–H and O–H groups in total. The molecule has 0 spiro atoms. The number of rotatable bonds is 4. The van der Waals surface area contributed by atoms with Gasteiger partial charge in [0.05, 0.1) is 9.68 Å². The van der Waals surface area contributed by atoms with Gasteiger partial charge in [-0.1, -0.05) is 43.3 Å². The molecular formula is C9H15NSi. The Morgan fingerprint density at radius 1 is 1.27 bits per heavy atom. The van der Waals surface area contributed by atoms with E-state index in [1.807, 2.05) is 0 Å². The fourth-order valence-electron chi connectivity index (χ4n) is 1.01. The largest absolute Gasteiger partial charge is 0.338 e. The third kappa shape index (κ3) is 3.35. The zero-order valence-electron chi connectivity index (χ0n) is 7.01. The second-order valence-corrected chi connectivity index (χ2v) is 4.66. The first-order valence-electron chi connectivity index (χ1n) is 4.18.